The van der Waals surface area contributed by atoms with Crippen LogP contribution in [0.15, 0.2) is 53.7 Å². The van der Waals surface area contributed by atoms with Crippen molar-refractivity contribution < 1.29 is 19.1 Å². The van der Waals surface area contributed by atoms with Crippen molar-refractivity contribution in [3.8, 4) is 11.5 Å². The van der Waals surface area contributed by atoms with Crippen molar-refractivity contribution in [3.05, 3.63) is 69.9 Å². The summed E-state index contributed by atoms with van der Waals surface area (Å²) in [5.41, 5.74) is 3.38. The third-order valence-electron chi connectivity index (χ3n) is 5.92. The predicted octanol–water partition coefficient (Wildman–Crippen LogP) is 5.53. The highest BCUT2D eigenvalue weighted by Crippen LogP contribution is 2.43. The van der Waals surface area contributed by atoms with Crippen molar-refractivity contribution in [2.24, 2.45) is 0 Å². The number of ether oxygens (including phenoxy) is 2. The molecule has 168 valence electrons. The quantitative estimate of drug-likeness (QED) is 0.624. The maximum Gasteiger partial charge on any atom is 0.225 e. The topological polar surface area (TPSA) is 64.6 Å². The first kappa shape index (κ1) is 22.4. The number of benzene rings is 2. The van der Waals surface area contributed by atoms with Crippen LogP contribution in [0.2, 0.25) is 5.02 Å². The maximum absolute atomic E-state index is 13.3. The fraction of sp³-hybridized carbons (Fsp3) is 0.385. The molecule has 4 rings (SSSR count). The maximum atomic E-state index is 13.3. The molecule has 0 bridgehead atoms. The summed E-state index contributed by atoms with van der Waals surface area (Å²) in [4.78, 5) is 25.8. The zero-order chi connectivity index (χ0) is 22.8. The van der Waals surface area contributed by atoms with Crippen LogP contribution in [-0.4, -0.2) is 24.4 Å². The average Bonchev–Trinajstić information content (AvgIpc) is 2.74. The normalized spacial score (nSPS) is 20.8. The van der Waals surface area contributed by atoms with Gasteiger partial charge in [-0.25, -0.2) is 0 Å². The Labute approximate surface area is 193 Å². The Bertz CT molecular complexity index is 1060. The summed E-state index contributed by atoms with van der Waals surface area (Å²) < 4.78 is 11.2. The number of carbonyl (C=O) groups is 2. The van der Waals surface area contributed by atoms with E-state index in [-0.39, 0.29) is 36.1 Å². The van der Waals surface area contributed by atoms with Crippen LogP contribution in [0.3, 0.4) is 0 Å². The van der Waals surface area contributed by atoms with Crippen LogP contribution in [0.25, 0.3) is 0 Å². The van der Waals surface area contributed by atoms with Gasteiger partial charge in [-0.15, -0.1) is 0 Å². The molecule has 2 aliphatic rings. The van der Waals surface area contributed by atoms with Crippen LogP contribution in [-0.2, 0) is 9.59 Å². The monoisotopic (exact) mass is 453 g/mol. The Morgan fingerprint density at radius 2 is 1.75 bits per heavy atom. The largest absolute Gasteiger partial charge is 0.492 e. The van der Waals surface area contributed by atoms with Crippen LogP contribution < -0.4 is 14.8 Å². The summed E-state index contributed by atoms with van der Waals surface area (Å²) in [5.74, 6) is 1.15. The summed E-state index contributed by atoms with van der Waals surface area (Å²) in [6.07, 6.45) is 1.38. The minimum atomic E-state index is -0.290. The summed E-state index contributed by atoms with van der Waals surface area (Å²) >= 11 is 6.39. The average molecular weight is 454 g/mol. The number of rotatable bonds is 6. The lowest BCUT2D eigenvalue weighted by Gasteiger charge is -2.34. The number of hydrogen-bond donors (Lipinski definition) is 1. The van der Waals surface area contributed by atoms with Gasteiger partial charge in [0.15, 0.2) is 5.78 Å². The number of amides is 1. The van der Waals surface area contributed by atoms with Crippen LogP contribution in [0.1, 0.15) is 63.0 Å². The molecule has 0 saturated heterocycles. The highest BCUT2D eigenvalue weighted by atomic mass is 35.5. The molecule has 1 N–H and O–H groups in total. The number of halogens is 1. The molecule has 5 nitrogen and oxygen atoms in total. The fourth-order valence-electron chi connectivity index (χ4n) is 4.58. The van der Waals surface area contributed by atoms with E-state index in [1.807, 2.05) is 63.2 Å². The lowest BCUT2D eigenvalue weighted by Crippen LogP contribution is -2.38. The molecule has 0 aromatic heterocycles. The summed E-state index contributed by atoms with van der Waals surface area (Å²) in [7, 11) is 0. The first-order valence-corrected chi connectivity index (χ1v) is 11.5. The van der Waals surface area contributed by atoms with Crippen LogP contribution in [0.4, 0.5) is 0 Å². The smallest absolute Gasteiger partial charge is 0.225 e. The van der Waals surface area contributed by atoms with E-state index < -0.39 is 0 Å². The molecular formula is C26H28ClNO4. The molecule has 32 heavy (non-hydrogen) atoms. The molecule has 2 atom stereocenters. The van der Waals surface area contributed by atoms with Gasteiger partial charge in [0.25, 0.3) is 0 Å². The summed E-state index contributed by atoms with van der Waals surface area (Å²) in [5, 5.41) is 3.46. The van der Waals surface area contributed by atoms with Gasteiger partial charge in [0.2, 0.25) is 5.91 Å². The molecule has 1 amide bonds. The van der Waals surface area contributed by atoms with Gasteiger partial charge in [-0.05, 0) is 68.5 Å². The van der Waals surface area contributed by atoms with Gasteiger partial charge in [0.05, 0.1) is 17.7 Å². The Kier molecular flexibility index (Phi) is 6.56. The minimum Gasteiger partial charge on any atom is -0.492 e. The molecule has 0 fully saturated rings. The van der Waals surface area contributed by atoms with Crippen molar-refractivity contribution in [2.45, 2.75) is 58.0 Å². The van der Waals surface area contributed by atoms with E-state index in [4.69, 9.17) is 21.1 Å². The molecule has 1 aliphatic heterocycles. The minimum absolute atomic E-state index is 0.0253. The standard InChI is InChI=1S/C26H28ClNO4/c1-4-31-24-10-7-17(11-21(24)27)20-14-25(30)28-22-12-18(13-23(29)26(20)22)16-5-8-19(9-6-16)32-15(2)3/h5-11,15,18,20H,4,12-14H2,1-3H3,(H,28,30). The van der Waals surface area contributed by atoms with Crippen molar-refractivity contribution in [2.75, 3.05) is 6.61 Å². The predicted molar refractivity (Wildman–Crippen MR) is 124 cm³/mol. The molecule has 6 heteroatoms. The van der Waals surface area contributed by atoms with Crippen LogP contribution in [0, 0.1) is 0 Å². The molecular weight excluding hydrogens is 426 g/mol. The second-order valence-electron chi connectivity index (χ2n) is 8.58. The van der Waals surface area contributed by atoms with Crippen molar-refractivity contribution >= 4 is 23.3 Å². The lowest BCUT2D eigenvalue weighted by atomic mass is 9.73. The lowest BCUT2D eigenvalue weighted by molar-refractivity contribution is -0.122. The van der Waals surface area contributed by atoms with Crippen LogP contribution in [0.5, 0.6) is 11.5 Å². The molecule has 2 unspecified atom stereocenters. The van der Waals surface area contributed by atoms with E-state index in [1.54, 1.807) is 0 Å². The Morgan fingerprint density at radius 1 is 1.03 bits per heavy atom. The molecule has 1 aliphatic carbocycles. The molecule has 0 radical (unpaired) electrons. The molecule has 2 aromatic carbocycles. The number of Topliss-reactive ketones (excluding diaryl/α,β-unsaturated/α-hetero) is 1. The summed E-state index contributed by atoms with van der Waals surface area (Å²) in [6, 6.07) is 13.4. The third kappa shape index (κ3) is 4.68. The van der Waals surface area contributed by atoms with E-state index >= 15 is 0 Å². The van der Waals surface area contributed by atoms with Crippen molar-refractivity contribution in [3.63, 3.8) is 0 Å². The van der Waals surface area contributed by atoms with Gasteiger partial charge >= 0.3 is 0 Å². The van der Waals surface area contributed by atoms with Gasteiger partial charge in [0.1, 0.15) is 11.5 Å². The molecule has 1 heterocycles. The van der Waals surface area contributed by atoms with E-state index in [2.05, 4.69) is 5.32 Å². The number of ketones is 1. The fourth-order valence-corrected chi connectivity index (χ4v) is 4.82. The van der Waals surface area contributed by atoms with Crippen molar-refractivity contribution in [1.29, 1.82) is 0 Å². The SMILES string of the molecule is CCOc1ccc(C2CC(=O)NC3=C2C(=O)CC(c2ccc(OC(C)C)cc2)C3)cc1Cl. The zero-order valence-electron chi connectivity index (χ0n) is 18.6. The second kappa shape index (κ2) is 9.37. The molecule has 2 aromatic rings. The van der Waals surface area contributed by atoms with Gasteiger partial charge < -0.3 is 14.8 Å². The van der Waals surface area contributed by atoms with E-state index in [1.165, 1.54) is 0 Å². The molecule has 0 saturated carbocycles. The van der Waals surface area contributed by atoms with E-state index in [9.17, 15) is 9.59 Å². The van der Waals surface area contributed by atoms with Crippen LogP contribution >= 0.6 is 11.6 Å². The van der Waals surface area contributed by atoms with Crippen molar-refractivity contribution in [1.82, 2.24) is 5.32 Å². The van der Waals surface area contributed by atoms with Gasteiger partial charge in [0, 0.05) is 30.0 Å². The Morgan fingerprint density at radius 3 is 2.41 bits per heavy atom. The first-order chi connectivity index (χ1) is 15.4. The van der Waals surface area contributed by atoms with Gasteiger partial charge in [-0.1, -0.05) is 29.8 Å². The van der Waals surface area contributed by atoms with Gasteiger partial charge in [-0.2, -0.15) is 0 Å². The Balaban J connectivity index is 1.61. The van der Waals surface area contributed by atoms with E-state index in [0.717, 1.165) is 22.6 Å². The molecule has 0 spiro atoms. The number of hydrogen-bond acceptors (Lipinski definition) is 4. The highest BCUT2D eigenvalue weighted by Gasteiger charge is 2.38. The third-order valence-corrected chi connectivity index (χ3v) is 6.21. The summed E-state index contributed by atoms with van der Waals surface area (Å²) in [6.45, 7) is 6.39. The van der Waals surface area contributed by atoms with Gasteiger partial charge in [-0.3, -0.25) is 9.59 Å². The van der Waals surface area contributed by atoms with E-state index in [0.29, 0.717) is 35.8 Å². The zero-order valence-corrected chi connectivity index (χ0v) is 19.4. The highest BCUT2D eigenvalue weighted by molar-refractivity contribution is 6.32. The first-order valence-electron chi connectivity index (χ1n) is 11.1. The number of nitrogens with one attached hydrogen (secondary N) is 1. The number of carbonyl (C=O) groups excluding carboxylic acids is 2. The Hall–Kier alpha value is -2.79. The second-order valence-corrected chi connectivity index (χ2v) is 8.99. The number of allylic oxidation sites excluding steroid dienone is 2.